The van der Waals surface area contributed by atoms with Crippen LogP contribution in [0.4, 0.5) is 0 Å². The van der Waals surface area contributed by atoms with E-state index < -0.39 is 0 Å². The number of hydrogen-bond acceptors (Lipinski definition) is 2. The zero-order chi connectivity index (χ0) is 13.3. The second kappa shape index (κ2) is 4.09. The van der Waals surface area contributed by atoms with E-state index in [2.05, 4.69) is 23.0 Å². The van der Waals surface area contributed by atoms with Gasteiger partial charge in [0.1, 0.15) is 0 Å². The van der Waals surface area contributed by atoms with Crippen molar-refractivity contribution in [3.05, 3.63) is 17.5 Å². The second-order valence-corrected chi connectivity index (χ2v) is 7.64. The number of nitrogens with zero attached hydrogens (tertiary/aromatic N) is 2. The van der Waals surface area contributed by atoms with Gasteiger partial charge in [-0.3, -0.25) is 4.68 Å². The number of nitrogens with one attached hydrogen (secondary N) is 1. The molecule has 3 fully saturated rings. The SMILES string of the molecule is CC(NC1C2C3CCC(C3)C12)c1cc2n(n1)CCCC2. The summed E-state index contributed by atoms with van der Waals surface area (Å²) in [6, 6.07) is 3.60. The van der Waals surface area contributed by atoms with Crippen molar-refractivity contribution >= 4 is 0 Å². The maximum Gasteiger partial charge on any atom is 0.0794 e. The molecule has 3 saturated carbocycles. The molecule has 20 heavy (non-hydrogen) atoms. The van der Waals surface area contributed by atoms with Crippen LogP contribution in [-0.4, -0.2) is 15.8 Å². The monoisotopic (exact) mass is 271 g/mol. The molecule has 1 aliphatic heterocycles. The van der Waals surface area contributed by atoms with Gasteiger partial charge in [-0.15, -0.1) is 0 Å². The molecule has 108 valence electrons. The Balaban J connectivity index is 1.29. The summed E-state index contributed by atoms with van der Waals surface area (Å²) in [5.74, 6) is 4.16. The third kappa shape index (κ3) is 1.59. The minimum atomic E-state index is 0.433. The van der Waals surface area contributed by atoms with Crippen molar-refractivity contribution in [3.8, 4) is 0 Å². The Morgan fingerprint density at radius 3 is 2.80 bits per heavy atom. The zero-order valence-electron chi connectivity index (χ0n) is 12.4. The third-order valence-electron chi connectivity index (χ3n) is 6.56. The molecular weight excluding hydrogens is 246 g/mol. The molecule has 3 nitrogen and oxygen atoms in total. The smallest absolute Gasteiger partial charge is 0.0794 e. The predicted molar refractivity (Wildman–Crippen MR) is 78.3 cm³/mol. The number of aryl methyl sites for hydroxylation is 2. The van der Waals surface area contributed by atoms with Gasteiger partial charge in [0.05, 0.1) is 5.69 Å². The van der Waals surface area contributed by atoms with Crippen molar-refractivity contribution in [2.45, 2.75) is 64.1 Å². The van der Waals surface area contributed by atoms with E-state index in [-0.39, 0.29) is 0 Å². The first-order chi connectivity index (χ1) is 9.81. The van der Waals surface area contributed by atoms with Gasteiger partial charge in [0.15, 0.2) is 0 Å². The first-order valence-corrected chi connectivity index (χ1v) is 8.64. The van der Waals surface area contributed by atoms with Gasteiger partial charge in [0, 0.05) is 24.3 Å². The maximum atomic E-state index is 4.83. The van der Waals surface area contributed by atoms with E-state index in [0.717, 1.165) is 36.3 Å². The Bertz CT molecular complexity index is 495. The fourth-order valence-electron chi connectivity index (χ4n) is 5.57. The average molecular weight is 271 g/mol. The van der Waals surface area contributed by atoms with Gasteiger partial charge < -0.3 is 5.32 Å². The van der Waals surface area contributed by atoms with Crippen molar-refractivity contribution in [2.24, 2.45) is 23.7 Å². The van der Waals surface area contributed by atoms with Crippen molar-refractivity contribution in [2.75, 3.05) is 0 Å². The molecule has 0 radical (unpaired) electrons. The van der Waals surface area contributed by atoms with Crippen molar-refractivity contribution in [1.82, 2.24) is 15.1 Å². The standard InChI is InChI=1S/C17H25N3/c1-10(14-9-13-4-2-3-7-20(13)19-14)18-17-15-11-5-6-12(8-11)16(15)17/h9-12,15-18H,2-8H2,1H3. The summed E-state index contributed by atoms with van der Waals surface area (Å²) in [6.07, 6.45) is 8.42. The molecule has 5 unspecified atom stereocenters. The van der Waals surface area contributed by atoms with Crippen LogP contribution in [0.2, 0.25) is 0 Å². The summed E-state index contributed by atoms with van der Waals surface area (Å²) in [4.78, 5) is 0. The largest absolute Gasteiger partial charge is 0.305 e. The highest BCUT2D eigenvalue weighted by atomic mass is 15.3. The Labute approximate surface area is 121 Å². The van der Waals surface area contributed by atoms with Crippen LogP contribution in [0, 0.1) is 23.7 Å². The fraction of sp³-hybridized carbons (Fsp3) is 0.824. The van der Waals surface area contributed by atoms with Gasteiger partial charge in [0.2, 0.25) is 0 Å². The molecule has 0 aromatic carbocycles. The Hall–Kier alpha value is -0.830. The molecular formula is C17H25N3. The first-order valence-electron chi connectivity index (χ1n) is 8.64. The molecule has 0 amide bonds. The van der Waals surface area contributed by atoms with Crippen LogP contribution in [0.1, 0.15) is 56.5 Å². The molecule has 5 atom stereocenters. The molecule has 0 saturated heterocycles. The second-order valence-electron chi connectivity index (χ2n) is 7.64. The van der Waals surface area contributed by atoms with Crippen molar-refractivity contribution < 1.29 is 0 Å². The predicted octanol–water partition coefficient (Wildman–Crippen LogP) is 2.91. The summed E-state index contributed by atoms with van der Waals surface area (Å²) in [5.41, 5.74) is 2.73. The van der Waals surface area contributed by atoms with Crippen LogP contribution in [0.5, 0.6) is 0 Å². The summed E-state index contributed by atoms with van der Waals surface area (Å²) in [6.45, 7) is 3.44. The van der Waals surface area contributed by atoms with E-state index >= 15 is 0 Å². The Kier molecular flexibility index (Phi) is 2.41. The van der Waals surface area contributed by atoms with Gasteiger partial charge in [0.25, 0.3) is 0 Å². The average Bonchev–Trinajstić information content (AvgIpc) is 2.91. The number of hydrogen-bond donors (Lipinski definition) is 1. The summed E-state index contributed by atoms with van der Waals surface area (Å²) < 4.78 is 2.24. The molecule has 4 aliphatic rings. The van der Waals surface area contributed by atoms with Crippen LogP contribution < -0.4 is 5.32 Å². The Morgan fingerprint density at radius 2 is 2.05 bits per heavy atom. The molecule has 2 bridgehead atoms. The van der Waals surface area contributed by atoms with Gasteiger partial charge in [-0.25, -0.2) is 0 Å². The van der Waals surface area contributed by atoms with E-state index in [0.29, 0.717) is 6.04 Å². The first kappa shape index (κ1) is 11.8. The Morgan fingerprint density at radius 1 is 1.25 bits per heavy atom. The lowest BCUT2D eigenvalue weighted by Crippen LogP contribution is -2.26. The molecule has 2 heterocycles. The van der Waals surface area contributed by atoms with Crippen LogP contribution in [0.3, 0.4) is 0 Å². The van der Waals surface area contributed by atoms with Crippen molar-refractivity contribution in [3.63, 3.8) is 0 Å². The van der Waals surface area contributed by atoms with Crippen LogP contribution >= 0.6 is 0 Å². The van der Waals surface area contributed by atoms with Gasteiger partial charge in [-0.05, 0) is 75.2 Å². The highest BCUT2D eigenvalue weighted by Crippen LogP contribution is 2.65. The van der Waals surface area contributed by atoms with Crippen LogP contribution in [0.15, 0.2) is 6.07 Å². The van der Waals surface area contributed by atoms with E-state index in [1.165, 1.54) is 43.5 Å². The normalized spacial score (nSPS) is 42.4. The summed E-state index contributed by atoms with van der Waals surface area (Å²) in [5, 5.41) is 8.74. The van der Waals surface area contributed by atoms with Gasteiger partial charge in [-0.1, -0.05) is 0 Å². The van der Waals surface area contributed by atoms with Crippen LogP contribution in [-0.2, 0) is 13.0 Å². The number of aromatic nitrogens is 2. The molecule has 1 N–H and O–H groups in total. The van der Waals surface area contributed by atoms with Gasteiger partial charge in [-0.2, -0.15) is 5.10 Å². The molecule has 0 spiro atoms. The molecule has 3 aliphatic carbocycles. The fourth-order valence-corrected chi connectivity index (χ4v) is 5.57. The maximum absolute atomic E-state index is 4.83. The van der Waals surface area contributed by atoms with E-state index in [1.807, 2.05) is 0 Å². The van der Waals surface area contributed by atoms with Crippen molar-refractivity contribution in [1.29, 1.82) is 0 Å². The third-order valence-corrected chi connectivity index (χ3v) is 6.56. The zero-order valence-corrected chi connectivity index (χ0v) is 12.4. The molecule has 5 rings (SSSR count). The summed E-state index contributed by atoms with van der Waals surface area (Å²) >= 11 is 0. The summed E-state index contributed by atoms with van der Waals surface area (Å²) in [7, 11) is 0. The molecule has 3 heteroatoms. The van der Waals surface area contributed by atoms with Crippen LogP contribution in [0.25, 0.3) is 0 Å². The lowest BCUT2D eigenvalue weighted by Gasteiger charge is -2.15. The number of fused-ring (bicyclic) bond motifs is 6. The topological polar surface area (TPSA) is 29.9 Å². The van der Waals surface area contributed by atoms with E-state index in [9.17, 15) is 0 Å². The number of rotatable bonds is 3. The highest BCUT2D eigenvalue weighted by Gasteiger charge is 2.64. The lowest BCUT2D eigenvalue weighted by atomic mass is 10.0. The lowest BCUT2D eigenvalue weighted by molar-refractivity contribution is 0.424. The quantitative estimate of drug-likeness (QED) is 0.916. The van der Waals surface area contributed by atoms with Gasteiger partial charge >= 0.3 is 0 Å². The van der Waals surface area contributed by atoms with E-state index in [1.54, 1.807) is 6.42 Å². The van der Waals surface area contributed by atoms with E-state index in [4.69, 9.17) is 5.10 Å². The minimum absolute atomic E-state index is 0.433. The highest BCUT2D eigenvalue weighted by molar-refractivity contribution is 5.20. The minimum Gasteiger partial charge on any atom is -0.305 e. The molecule has 1 aromatic rings. The molecule has 1 aromatic heterocycles.